The molecule has 51 heavy (non-hydrogen) atoms. The first-order valence-corrected chi connectivity index (χ1v) is 20.8. The van der Waals surface area contributed by atoms with Crippen LogP contribution < -0.4 is 0 Å². The first kappa shape index (κ1) is 47.5. The molecule has 0 saturated carbocycles. The van der Waals surface area contributed by atoms with E-state index < -0.39 is 49.4 Å². The molecule has 0 aliphatic carbocycles. The zero-order valence-electron chi connectivity index (χ0n) is 32.4. The van der Waals surface area contributed by atoms with Gasteiger partial charge in [-0.1, -0.05) is 142 Å². The number of aliphatic hydroxyl groups is 4. The lowest BCUT2D eigenvalue weighted by Crippen LogP contribution is -2.59. The summed E-state index contributed by atoms with van der Waals surface area (Å²) in [4.78, 5) is 25.2. The van der Waals surface area contributed by atoms with Gasteiger partial charge >= 0.3 is 11.9 Å². The molecule has 0 aromatic rings. The van der Waals surface area contributed by atoms with Crippen molar-refractivity contribution in [3.8, 4) is 0 Å². The molecular weight excluding hydrogens is 652 g/mol. The fourth-order valence-electron chi connectivity index (χ4n) is 6.30. The van der Waals surface area contributed by atoms with E-state index in [4.69, 9.17) is 18.9 Å². The number of esters is 2. The summed E-state index contributed by atoms with van der Waals surface area (Å²) in [6.07, 6.45) is 25.1. The molecule has 6 unspecified atom stereocenters. The van der Waals surface area contributed by atoms with Gasteiger partial charge in [0.2, 0.25) is 0 Å². The highest BCUT2D eigenvalue weighted by Crippen LogP contribution is 2.22. The lowest BCUT2D eigenvalue weighted by molar-refractivity contribution is -0.305. The third-order valence-electron chi connectivity index (χ3n) is 9.65. The Morgan fingerprint density at radius 3 is 1.53 bits per heavy atom. The topological polar surface area (TPSA) is 152 Å². The third kappa shape index (κ3) is 25.2. The predicted octanol–water partition coefficient (Wildman–Crippen LogP) is 8.00. The molecule has 0 amide bonds. The van der Waals surface area contributed by atoms with Gasteiger partial charge in [0.15, 0.2) is 12.4 Å². The van der Waals surface area contributed by atoms with E-state index in [1.807, 2.05) is 0 Å². The van der Waals surface area contributed by atoms with Crippen LogP contribution in [0.3, 0.4) is 0 Å². The number of carbonyl (C=O) groups is 2. The molecule has 0 aromatic heterocycles. The van der Waals surface area contributed by atoms with Gasteiger partial charge in [0.05, 0.1) is 13.2 Å². The van der Waals surface area contributed by atoms with Gasteiger partial charge in [-0.2, -0.15) is 0 Å². The molecule has 0 aromatic carbocycles. The van der Waals surface area contributed by atoms with E-state index in [1.165, 1.54) is 103 Å². The minimum Gasteiger partial charge on any atom is -0.462 e. The van der Waals surface area contributed by atoms with Gasteiger partial charge in [-0.25, -0.2) is 0 Å². The number of allylic oxidation sites excluding steroid dienone is 2. The van der Waals surface area contributed by atoms with E-state index >= 15 is 0 Å². The molecule has 10 heteroatoms. The van der Waals surface area contributed by atoms with Crippen molar-refractivity contribution in [1.82, 2.24) is 0 Å². The summed E-state index contributed by atoms with van der Waals surface area (Å²) in [6.45, 7) is 3.39. The van der Waals surface area contributed by atoms with Crippen LogP contribution in [0.1, 0.15) is 181 Å². The molecule has 10 nitrogen and oxygen atoms in total. The average Bonchev–Trinajstić information content (AvgIpc) is 3.13. The second kappa shape index (κ2) is 33.0. The van der Waals surface area contributed by atoms with Gasteiger partial charge in [0.1, 0.15) is 31.0 Å². The van der Waals surface area contributed by atoms with Gasteiger partial charge < -0.3 is 39.4 Å². The predicted molar refractivity (Wildman–Crippen MR) is 201 cm³/mol. The minimum atomic E-state index is -1.59. The summed E-state index contributed by atoms with van der Waals surface area (Å²) in [7, 11) is 0. The van der Waals surface area contributed by atoms with Crippen LogP contribution in [-0.4, -0.2) is 89.0 Å². The zero-order valence-corrected chi connectivity index (χ0v) is 32.4. The second-order valence-electron chi connectivity index (χ2n) is 14.4. The van der Waals surface area contributed by atoms with Crippen molar-refractivity contribution in [2.45, 2.75) is 218 Å². The van der Waals surface area contributed by atoms with E-state index in [0.717, 1.165) is 44.9 Å². The summed E-state index contributed by atoms with van der Waals surface area (Å²) < 4.78 is 22.1. The molecule has 1 aliphatic rings. The molecule has 1 rings (SSSR count). The quantitative estimate of drug-likeness (QED) is 0.0291. The van der Waals surface area contributed by atoms with Gasteiger partial charge in [-0.05, 0) is 38.5 Å². The van der Waals surface area contributed by atoms with Crippen molar-refractivity contribution in [3.63, 3.8) is 0 Å². The van der Waals surface area contributed by atoms with Crippen LogP contribution in [0.4, 0.5) is 0 Å². The van der Waals surface area contributed by atoms with E-state index in [2.05, 4.69) is 26.0 Å². The summed E-state index contributed by atoms with van der Waals surface area (Å²) in [6, 6.07) is 0. The zero-order chi connectivity index (χ0) is 37.4. The van der Waals surface area contributed by atoms with Crippen LogP contribution in [0.2, 0.25) is 0 Å². The Labute approximate surface area is 310 Å². The lowest BCUT2D eigenvalue weighted by atomic mass is 9.99. The summed E-state index contributed by atoms with van der Waals surface area (Å²) in [5, 5.41) is 39.9. The van der Waals surface area contributed by atoms with Crippen molar-refractivity contribution >= 4 is 11.9 Å². The minimum absolute atomic E-state index is 0.215. The summed E-state index contributed by atoms with van der Waals surface area (Å²) >= 11 is 0. The SMILES string of the molecule is CCCCCCCC/C=C\CCCCCCCCCC(=O)OC(COC(=O)CCCCCCCCCCC)COC1OC(CO)C(O)C(O)C1O. The number of unbranched alkanes of at least 4 members (excludes halogenated alkanes) is 21. The standard InChI is InChI=1S/C41H76O10/c1-3-5-7-9-11-13-14-15-16-17-18-19-20-22-24-26-28-30-37(44)50-34(33-49-41-40(47)39(46)38(45)35(31-42)51-41)32-48-36(43)29-27-25-23-21-12-10-8-6-4-2/h15-16,34-35,38-42,45-47H,3-14,17-33H2,1-2H3/b16-15-. The number of hydrogen-bond donors (Lipinski definition) is 4. The molecule has 4 N–H and O–H groups in total. The molecule has 1 heterocycles. The number of aliphatic hydroxyl groups excluding tert-OH is 4. The monoisotopic (exact) mass is 729 g/mol. The Balaban J connectivity index is 2.34. The highest BCUT2D eigenvalue weighted by atomic mass is 16.7. The molecule has 300 valence electrons. The van der Waals surface area contributed by atoms with Crippen LogP contribution in [-0.2, 0) is 28.5 Å². The van der Waals surface area contributed by atoms with Crippen molar-refractivity contribution in [2.24, 2.45) is 0 Å². The van der Waals surface area contributed by atoms with E-state index in [9.17, 15) is 30.0 Å². The third-order valence-corrected chi connectivity index (χ3v) is 9.65. The van der Waals surface area contributed by atoms with Gasteiger partial charge in [-0.15, -0.1) is 0 Å². The van der Waals surface area contributed by atoms with E-state index in [-0.39, 0.29) is 32.0 Å². The van der Waals surface area contributed by atoms with Gasteiger partial charge in [0, 0.05) is 12.8 Å². The number of carbonyl (C=O) groups excluding carboxylic acids is 2. The lowest BCUT2D eigenvalue weighted by Gasteiger charge is -2.39. The van der Waals surface area contributed by atoms with Crippen LogP contribution >= 0.6 is 0 Å². The van der Waals surface area contributed by atoms with Crippen LogP contribution in [0, 0.1) is 0 Å². The Kier molecular flexibility index (Phi) is 30.7. The smallest absolute Gasteiger partial charge is 0.306 e. The van der Waals surface area contributed by atoms with Crippen molar-refractivity contribution in [2.75, 3.05) is 19.8 Å². The van der Waals surface area contributed by atoms with Crippen LogP contribution in [0.5, 0.6) is 0 Å². The van der Waals surface area contributed by atoms with E-state index in [0.29, 0.717) is 6.42 Å². The molecule has 0 bridgehead atoms. The number of hydrogen-bond acceptors (Lipinski definition) is 10. The van der Waals surface area contributed by atoms with E-state index in [1.54, 1.807) is 0 Å². The fraction of sp³-hybridized carbons (Fsp3) is 0.902. The van der Waals surface area contributed by atoms with Crippen LogP contribution in [0.15, 0.2) is 12.2 Å². The Hall–Kier alpha value is -1.56. The number of rotatable bonds is 34. The summed E-state index contributed by atoms with van der Waals surface area (Å²) in [5.41, 5.74) is 0. The molecule has 1 fully saturated rings. The maximum Gasteiger partial charge on any atom is 0.306 e. The highest BCUT2D eigenvalue weighted by molar-refractivity contribution is 5.70. The average molecular weight is 729 g/mol. The number of ether oxygens (including phenoxy) is 4. The van der Waals surface area contributed by atoms with Crippen LogP contribution in [0.25, 0.3) is 0 Å². The Morgan fingerprint density at radius 1 is 0.588 bits per heavy atom. The first-order chi connectivity index (χ1) is 24.8. The van der Waals surface area contributed by atoms with Crippen molar-refractivity contribution < 1.29 is 49.0 Å². The highest BCUT2D eigenvalue weighted by Gasteiger charge is 2.44. The largest absolute Gasteiger partial charge is 0.462 e. The Bertz CT molecular complexity index is 850. The molecular formula is C41H76O10. The molecule has 1 saturated heterocycles. The second-order valence-corrected chi connectivity index (χ2v) is 14.4. The summed E-state index contributed by atoms with van der Waals surface area (Å²) in [5.74, 6) is -0.809. The normalized spacial score (nSPS) is 21.3. The van der Waals surface area contributed by atoms with Crippen molar-refractivity contribution in [1.29, 1.82) is 0 Å². The Morgan fingerprint density at radius 2 is 1.04 bits per heavy atom. The first-order valence-electron chi connectivity index (χ1n) is 20.8. The van der Waals surface area contributed by atoms with Gasteiger partial charge in [-0.3, -0.25) is 9.59 Å². The fourth-order valence-corrected chi connectivity index (χ4v) is 6.30. The molecule has 6 atom stereocenters. The maximum absolute atomic E-state index is 12.7. The molecule has 0 radical (unpaired) electrons. The maximum atomic E-state index is 12.7. The molecule has 0 spiro atoms. The van der Waals surface area contributed by atoms with Crippen molar-refractivity contribution in [3.05, 3.63) is 12.2 Å². The molecule has 1 aliphatic heterocycles. The van der Waals surface area contributed by atoms with Gasteiger partial charge in [0.25, 0.3) is 0 Å².